The van der Waals surface area contributed by atoms with E-state index in [1.54, 1.807) is 48.4 Å². The van der Waals surface area contributed by atoms with Crippen LogP contribution in [0, 0.1) is 32.8 Å². The number of allylic oxidation sites excluding steroid dienone is 2. The Morgan fingerprint density at radius 1 is 1.16 bits per heavy atom. The molecule has 0 saturated heterocycles. The number of nitrogens with one attached hydrogen (secondary N) is 1. The summed E-state index contributed by atoms with van der Waals surface area (Å²) >= 11 is 0. The molecule has 1 aliphatic heterocycles. The molecule has 4 rings (SSSR count). The van der Waals surface area contributed by atoms with Crippen LogP contribution in [-0.2, 0) is 4.79 Å². The fraction of sp³-hybridized carbons (Fsp3) is 0.261. The first-order valence-electron chi connectivity index (χ1n) is 9.89. The normalized spacial score (nSPS) is 20.8. The predicted molar refractivity (Wildman–Crippen MR) is 114 cm³/mol. The Bertz CT molecular complexity index is 1130. The number of hydrogen-bond donors (Lipinski definition) is 1. The van der Waals surface area contributed by atoms with Crippen molar-refractivity contribution in [1.29, 1.82) is 10.7 Å². The van der Waals surface area contributed by atoms with Gasteiger partial charge in [-0.1, -0.05) is 12.1 Å². The zero-order valence-corrected chi connectivity index (χ0v) is 16.9. The summed E-state index contributed by atoms with van der Waals surface area (Å²) in [6.07, 6.45) is 1.66. The van der Waals surface area contributed by atoms with Crippen LogP contribution in [0.2, 0.25) is 0 Å². The summed E-state index contributed by atoms with van der Waals surface area (Å²) in [5.41, 5.74) is 2.50. The number of ketones is 1. The van der Waals surface area contributed by atoms with Crippen LogP contribution in [-0.4, -0.2) is 23.7 Å². The monoisotopic (exact) mass is 416 g/mol. The number of hydrogen-bond acceptors (Lipinski definition) is 6. The minimum absolute atomic E-state index is 0.0455. The van der Waals surface area contributed by atoms with E-state index in [0.29, 0.717) is 41.8 Å². The van der Waals surface area contributed by atoms with Crippen molar-refractivity contribution < 1.29 is 14.5 Å². The van der Waals surface area contributed by atoms with Gasteiger partial charge in [0.15, 0.2) is 5.78 Å². The number of nitrogens with zero attached hydrogens (tertiary/aromatic N) is 3. The second-order valence-electron chi connectivity index (χ2n) is 7.49. The molecule has 31 heavy (non-hydrogen) atoms. The molecule has 156 valence electrons. The first-order valence-corrected chi connectivity index (χ1v) is 9.89. The molecule has 0 fully saturated rings. The van der Waals surface area contributed by atoms with E-state index in [2.05, 4.69) is 6.07 Å². The molecule has 0 spiro atoms. The Balaban J connectivity index is 1.88. The quantitative estimate of drug-likeness (QED) is 0.585. The van der Waals surface area contributed by atoms with Crippen molar-refractivity contribution in [1.82, 2.24) is 0 Å². The molecule has 1 heterocycles. The molecular formula is C23H20N4O4. The van der Waals surface area contributed by atoms with Gasteiger partial charge in [0.25, 0.3) is 5.69 Å². The molecule has 1 N–H and O–H groups in total. The van der Waals surface area contributed by atoms with E-state index in [1.165, 1.54) is 12.1 Å². The minimum Gasteiger partial charge on any atom is -0.497 e. The summed E-state index contributed by atoms with van der Waals surface area (Å²) in [6, 6.07) is 15.3. The second kappa shape index (κ2) is 8.03. The van der Waals surface area contributed by atoms with E-state index in [4.69, 9.17) is 10.1 Å². The molecule has 0 bridgehead atoms. The van der Waals surface area contributed by atoms with E-state index in [1.807, 2.05) is 0 Å². The number of nitro benzene ring substituents is 1. The number of carbonyl (C=O) groups excluding carboxylic acids is 1. The van der Waals surface area contributed by atoms with Gasteiger partial charge in [0.2, 0.25) is 0 Å². The molecule has 8 nitrogen and oxygen atoms in total. The Hall–Kier alpha value is -3.99. The van der Waals surface area contributed by atoms with Crippen LogP contribution in [0.1, 0.15) is 30.7 Å². The summed E-state index contributed by atoms with van der Waals surface area (Å²) in [5, 5.41) is 29.8. The fourth-order valence-corrected chi connectivity index (χ4v) is 4.37. The molecule has 2 unspecified atom stereocenters. The minimum atomic E-state index is -0.899. The number of carbonyl (C=O) groups is 1. The van der Waals surface area contributed by atoms with Crippen molar-refractivity contribution >= 4 is 23.0 Å². The Morgan fingerprint density at radius 2 is 1.84 bits per heavy atom. The highest BCUT2D eigenvalue weighted by Crippen LogP contribution is 2.46. The number of ether oxygens (including phenoxy) is 1. The lowest BCUT2D eigenvalue weighted by atomic mass is 9.72. The first kappa shape index (κ1) is 20.3. The molecule has 8 heteroatoms. The summed E-state index contributed by atoms with van der Waals surface area (Å²) < 4.78 is 5.21. The van der Waals surface area contributed by atoms with Gasteiger partial charge in [-0.15, -0.1) is 0 Å². The number of nitro groups is 1. The average Bonchev–Trinajstić information content (AvgIpc) is 2.79. The maximum atomic E-state index is 13.0. The summed E-state index contributed by atoms with van der Waals surface area (Å²) in [7, 11) is 1.57. The molecule has 2 aromatic carbocycles. The topological polar surface area (TPSA) is 120 Å². The number of anilines is 1. The van der Waals surface area contributed by atoms with Crippen LogP contribution in [0.4, 0.5) is 11.4 Å². The highest BCUT2D eigenvalue weighted by molar-refractivity contribution is 6.10. The van der Waals surface area contributed by atoms with Crippen LogP contribution in [0.25, 0.3) is 0 Å². The summed E-state index contributed by atoms with van der Waals surface area (Å²) in [4.78, 5) is 25.3. The Labute approximate surface area is 179 Å². The van der Waals surface area contributed by atoms with Crippen LogP contribution < -0.4 is 9.64 Å². The maximum Gasteiger partial charge on any atom is 0.269 e. The van der Waals surface area contributed by atoms with Gasteiger partial charge in [-0.25, -0.2) is 0 Å². The van der Waals surface area contributed by atoms with Crippen LogP contribution in [0.5, 0.6) is 5.75 Å². The van der Waals surface area contributed by atoms with Gasteiger partial charge in [0.05, 0.1) is 18.1 Å². The van der Waals surface area contributed by atoms with Gasteiger partial charge in [-0.3, -0.25) is 20.3 Å². The maximum absolute atomic E-state index is 13.0. The number of nitriles is 1. The third kappa shape index (κ3) is 3.44. The predicted octanol–water partition coefficient (Wildman–Crippen LogP) is 4.33. The van der Waals surface area contributed by atoms with Gasteiger partial charge in [0.1, 0.15) is 17.5 Å². The van der Waals surface area contributed by atoms with Crippen LogP contribution >= 0.6 is 0 Å². The standard InChI is InChI=1S/C23H20N4O4/c1-31-17-11-9-15(10-12-17)26-19-3-2-4-20(28)22(19)21(18(13-24)23(26)25)14-5-7-16(8-6-14)27(29)30/h5-12,18,21,25H,2-4H2,1H3. The van der Waals surface area contributed by atoms with Crippen LogP contribution in [0.15, 0.2) is 59.8 Å². The van der Waals surface area contributed by atoms with Crippen LogP contribution in [0.3, 0.4) is 0 Å². The Morgan fingerprint density at radius 3 is 2.42 bits per heavy atom. The zero-order valence-electron chi connectivity index (χ0n) is 16.9. The molecule has 0 aromatic heterocycles. The number of non-ortho nitro benzene ring substituents is 1. The van der Waals surface area contributed by atoms with E-state index in [0.717, 1.165) is 5.70 Å². The molecule has 0 radical (unpaired) electrons. The second-order valence-corrected chi connectivity index (χ2v) is 7.49. The van der Waals surface area contributed by atoms with Gasteiger partial charge in [0, 0.05) is 41.4 Å². The summed E-state index contributed by atoms with van der Waals surface area (Å²) in [6.45, 7) is 0. The number of amidine groups is 1. The third-order valence-corrected chi connectivity index (χ3v) is 5.81. The van der Waals surface area contributed by atoms with E-state index < -0.39 is 16.8 Å². The van der Waals surface area contributed by atoms with Gasteiger partial charge >= 0.3 is 0 Å². The number of rotatable bonds is 4. The molecule has 2 aliphatic rings. The van der Waals surface area contributed by atoms with E-state index >= 15 is 0 Å². The lowest BCUT2D eigenvalue weighted by Crippen LogP contribution is -2.45. The number of benzene rings is 2. The van der Waals surface area contributed by atoms with Crippen molar-refractivity contribution in [3.8, 4) is 11.8 Å². The number of Topliss-reactive ketones (excluding diaryl/α,β-unsaturated/α-hetero) is 1. The molecule has 1 aliphatic carbocycles. The highest BCUT2D eigenvalue weighted by Gasteiger charge is 2.44. The van der Waals surface area contributed by atoms with Crippen molar-refractivity contribution in [2.75, 3.05) is 12.0 Å². The van der Waals surface area contributed by atoms with Gasteiger partial charge < -0.3 is 9.64 Å². The molecule has 0 saturated carbocycles. The molecule has 0 amide bonds. The first-order chi connectivity index (χ1) is 15.0. The SMILES string of the molecule is COc1ccc(N2C(=N)C(C#N)C(c3ccc([N+](=O)[O-])cc3)C3=C2CCCC3=O)cc1. The fourth-order valence-electron chi connectivity index (χ4n) is 4.37. The number of methoxy groups -OCH3 is 1. The molecule has 2 aromatic rings. The largest absolute Gasteiger partial charge is 0.497 e. The zero-order chi connectivity index (χ0) is 22.1. The van der Waals surface area contributed by atoms with Crippen molar-refractivity contribution in [3.05, 3.63) is 75.5 Å². The van der Waals surface area contributed by atoms with Crippen molar-refractivity contribution in [3.63, 3.8) is 0 Å². The highest BCUT2D eigenvalue weighted by atomic mass is 16.6. The van der Waals surface area contributed by atoms with E-state index in [-0.39, 0.29) is 17.3 Å². The lowest BCUT2D eigenvalue weighted by molar-refractivity contribution is -0.384. The van der Waals surface area contributed by atoms with Crippen molar-refractivity contribution in [2.45, 2.75) is 25.2 Å². The van der Waals surface area contributed by atoms with Gasteiger partial charge in [-0.2, -0.15) is 5.26 Å². The summed E-state index contributed by atoms with van der Waals surface area (Å²) in [5.74, 6) is -0.818. The van der Waals surface area contributed by atoms with Gasteiger partial charge in [-0.05, 0) is 42.7 Å². The Kier molecular flexibility index (Phi) is 5.26. The third-order valence-electron chi connectivity index (χ3n) is 5.81. The van der Waals surface area contributed by atoms with Crippen molar-refractivity contribution in [2.24, 2.45) is 5.92 Å². The lowest BCUT2D eigenvalue weighted by Gasteiger charge is -2.42. The average molecular weight is 416 g/mol. The van der Waals surface area contributed by atoms with E-state index in [9.17, 15) is 20.2 Å². The smallest absolute Gasteiger partial charge is 0.269 e. The molecule has 2 atom stereocenters. The molecular weight excluding hydrogens is 396 g/mol.